The van der Waals surface area contributed by atoms with Gasteiger partial charge in [-0.05, 0) is 62.1 Å². The van der Waals surface area contributed by atoms with Gasteiger partial charge in [0.15, 0.2) is 4.96 Å². The molecule has 7 heteroatoms. The Morgan fingerprint density at radius 3 is 2.59 bits per heavy atom. The Kier molecular flexibility index (Phi) is 5.43. The number of amides is 2. The van der Waals surface area contributed by atoms with Gasteiger partial charge in [-0.1, -0.05) is 18.2 Å². The average molecular weight is 449 g/mol. The highest BCUT2D eigenvalue weighted by molar-refractivity contribution is 7.15. The second-order valence-corrected chi connectivity index (χ2v) is 9.22. The molecule has 0 radical (unpaired) electrons. The fourth-order valence-corrected chi connectivity index (χ4v) is 4.94. The highest BCUT2D eigenvalue weighted by Gasteiger charge is 2.32. The number of imidazole rings is 1. The van der Waals surface area contributed by atoms with Gasteiger partial charge in [0.2, 0.25) is 0 Å². The Balaban J connectivity index is 1.32. The fourth-order valence-electron chi connectivity index (χ4n) is 4.03. The van der Waals surface area contributed by atoms with E-state index in [9.17, 15) is 9.18 Å². The van der Waals surface area contributed by atoms with Crippen LogP contribution < -0.4 is 5.32 Å². The predicted octanol–water partition coefficient (Wildman–Crippen LogP) is 6.06. The highest BCUT2D eigenvalue weighted by atomic mass is 32.1. The van der Waals surface area contributed by atoms with Crippen LogP contribution in [-0.2, 0) is 6.42 Å². The van der Waals surface area contributed by atoms with Crippen molar-refractivity contribution in [3.05, 3.63) is 76.7 Å². The van der Waals surface area contributed by atoms with Gasteiger partial charge in [0.1, 0.15) is 5.82 Å². The standard InChI is InChI=1S/C25H25FN4OS/c1-16-4-3-5-17(2)23(16)28-24(31)29(20-10-11-20)13-12-21-15-32-25-27-22(14-30(21)25)18-6-8-19(26)9-7-18/h3-9,14-15,20H,10-13H2,1-2H3,(H,28,31). The number of hydrogen-bond acceptors (Lipinski definition) is 3. The zero-order valence-electron chi connectivity index (χ0n) is 18.1. The Morgan fingerprint density at radius 1 is 1.19 bits per heavy atom. The zero-order valence-corrected chi connectivity index (χ0v) is 19.0. The highest BCUT2D eigenvalue weighted by Crippen LogP contribution is 2.30. The van der Waals surface area contributed by atoms with Crippen LogP contribution in [0, 0.1) is 19.7 Å². The Hall–Kier alpha value is -3.19. The third-order valence-corrected chi connectivity index (χ3v) is 6.88. The third kappa shape index (κ3) is 4.12. The Labute approximate surface area is 190 Å². The van der Waals surface area contributed by atoms with Gasteiger partial charge < -0.3 is 10.2 Å². The molecular weight excluding hydrogens is 423 g/mol. The van der Waals surface area contributed by atoms with E-state index in [0.29, 0.717) is 12.6 Å². The minimum atomic E-state index is -0.255. The van der Waals surface area contributed by atoms with Crippen LogP contribution in [0.3, 0.4) is 0 Å². The molecule has 32 heavy (non-hydrogen) atoms. The maximum absolute atomic E-state index is 13.2. The van der Waals surface area contributed by atoms with Crippen LogP contribution in [0.15, 0.2) is 54.0 Å². The summed E-state index contributed by atoms with van der Waals surface area (Å²) in [6.45, 7) is 4.69. The van der Waals surface area contributed by atoms with E-state index < -0.39 is 0 Å². The molecule has 1 saturated carbocycles. The van der Waals surface area contributed by atoms with E-state index in [2.05, 4.69) is 20.1 Å². The summed E-state index contributed by atoms with van der Waals surface area (Å²) >= 11 is 1.58. The fraction of sp³-hybridized carbons (Fsp3) is 0.280. The number of urea groups is 1. The Bertz CT molecular complexity index is 1250. The number of carbonyl (C=O) groups excluding carboxylic acids is 1. The number of halogens is 1. The van der Waals surface area contributed by atoms with Gasteiger partial charge in [0.25, 0.3) is 0 Å². The van der Waals surface area contributed by atoms with Crippen LogP contribution in [0.1, 0.15) is 29.7 Å². The second-order valence-electron chi connectivity index (χ2n) is 8.38. The van der Waals surface area contributed by atoms with E-state index in [-0.39, 0.29) is 11.8 Å². The number of nitrogens with zero attached hydrogens (tertiary/aromatic N) is 3. The van der Waals surface area contributed by atoms with E-state index in [4.69, 9.17) is 0 Å². The first-order valence-electron chi connectivity index (χ1n) is 10.8. The number of thiazole rings is 1. The molecule has 4 aromatic rings. The van der Waals surface area contributed by atoms with E-state index in [0.717, 1.165) is 58.0 Å². The first-order chi connectivity index (χ1) is 15.5. The molecule has 0 unspecified atom stereocenters. The van der Waals surface area contributed by atoms with Gasteiger partial charge in [-0.3, -0.25) is 4.40 Å². The molecule has 1 fully saturated rings. The molecule has 0 spiro atoms. The van der Waals surface area contributed by atoms with E-state index >= 15 is 0 Å². The number of hydrogen-bond donors (Lipinski definition) is 1. The first-order valence-corrected chi connectivity index (χ1v) is 11.7. The normalized spacial score (nSPS) is 13.5. The molecule has 5 rings (SSSR count). The van der Waals surface area contributed by atoms with Crippen LogP contribution in [-0.4, -0.2) is 32.9 Å². The third-order valence-electron chi connectivity index (χ3n) is 5.99. The average Bonchev–Trinajstić information content (AvgIpc) is 3.41. The summed E-state index contributed by atoms with van der Waals surface area (Å²) in [6.07, 6.45) is 4.85. The number of rotatable bonds is 6. The summed E-state index contributed by atoms with van der Waals surface area (Å²) in [4.78, 5) is 20.7. The molecule has 2 heterocycles. The second kappa shape index (κ2) is 8.39. The van der Waals surface area contributed by atoms with Crippen molar-refractivity contribution in [2.24, 2.45) is 0 Å². The largest absolute Gasteiger partial charge is 0.322 e. The number of anilines is 1. The zero-order chi connectivity index (χ0) is 22.2. The number of carbonyl (C=O) groups is 1. The lowest BCUT2D eigenvalue weighted by atomic mass is 10.1. The summed E-state index contributed by atoms with van der Waals surface area (Å²) < 4.78 is 15.3. The van der Waals surface area contributed by atoms with Gasteiger partial charge in [0, 0.05) is 47.5 Å². The molecule has 0 saturated heterocycles. The molecule has 164 valence electrons. The molecule has 1 aliphatic carbocycles. The molecule has 0 aliphatic heterocycles. The van der Waals surface area contributed by atoms with Crippen LogP contribution in [0.25, 0.3) is 16.2 Å². The molecule has 2 aromatic carbocycles. The van der Waals surface area contributed by atoms with Crippen LogP contribution >= 0.6 is 11.3 Å². The Morgan fingerprint density at radius 2 is 1.91 bits per heavy atom. The molecule has 1 N–H and O–H groups in total. The molecule has 5 nitrogen and oxygen atoms in total. The van der Waals surface area contributed by atoms with Gasteiger partial charge >= 0.3 is 6.03 Å². The first kappa shape index (κ1) is 20.7. The number of para-hydroxylation sites is 1. The van der Waals surface area contributed by atoms with E-state index in [1.54, 1.807) is 23.5 Å². The SMILES string of the molecule is Cc1cccc(C)c1NC(=O)N(CCc1csc2nc(-c3ccc(F)cc3)cn12)C1CC1. The lowest BCUT2D eigenvalue weighted by molar-refractivity contribution is 0.209. The summed E-state index contributed by atoms with van der Waals surface area (Å²) in [5.41, 5.74) is 5.88. The van der Waals surface area contributed by atoms with Crippen LogP contribution in [0.2, 0.25) is 0 Å². The summed E-state index contributed by atoms with van der Waals surface area (Å²) in [5.74, 6) is -0.255. The molecule has 0 atom stereocenters. The van der Waals surface area contributed by atoms with Crippen molar-refractivity contribution in [2.75, 3.05) is 11.9 Å². The lowest BCUT2D eigenvalue weighted by Crippen LogP contribution is -2.38. The number of nitrogens with one attached hydrogen (secondary N) is 1. The minimum absolute atomic E-state index is 0.0333. The number of benzene rings is 2. The quantitative estimate of drug-likeness (QED) is 0.390. The smallest absolute Gasteiger partial charge is 0.321 e. The van der Waals surface area contributed by atoms with Gasteiger partial charge in [-0.2, -0.15) is 0 Å². The van der Waals surface area contributed by atoms with Gasteiger partial charge in [-0.25, -0.2) is 14.2 Å². The molecule has 0 bridgehead atoms. The van der Waals surface area contributed by atoms with Crippen molar-refractivity contribution in [3.8, 4) is 11.3 Å². The maximum atomic E-state index is 13.2. The number of fused-ring (bicyclic) bond motifs is 1. The minimum Gasteiger partial charge on any atom is -0.321 e. The van der Waals surface area contributed by atoms with Crippen LogP contribution in [0.5, 0.6) is 0 Å². The van der Waals surface area contributed by atoms with Crippen molar-refractivity contribution in [3.63, 3.8) is 0 Å². The topological polar surface area (TPSA) is 49.6 Å². The van der Waals surface area contributed by atoms with Crippen molar-refractivity contribution in [1.82, 2.24) is 14.3 Å². The molecular formula is C25H25FN4OS. The molecule has 1 aliphatic rings. The van der Waals surface area contributed by atoms with Crippen molar-refractivity contribution in [2.45, 2.75) is 39.2 Å². The van der Waals surface area contributed by atoms with Crippen LogP contribution in [0.4, 0.5) is 14.9 Å². The van der Waals surface area contributed by atoms with E-state index in [1.165, 1.54) is 12.1 Å². The summed E-state index contributed by atoms with van der Waals surface area (Å²) in [6, 6.07) is 12.7. The summed E-state index contributed by atoms with van der Waals surface area (Å²) in [5, 5.41) is 5.24. The van der Waals surface area contributed by atoms with Gasteiger partial charge in [-0.15, -0.1) is 11.3 Å². The molecule has 2 amide bonds. The van der Waals surface area contributed by atoms with Crippen molar-refractivity contribution >= 4 is 28.0 Å². The van der Waals surface area contributed by atoms with E-state index in [1.807, 2.05) is 43.1 Å². The monoisotopic (exact) mass is 448 g/mol. The van der Waals surface area contributed by atoms with Crippen molar-refractivity contribution < 1.29 is 9.18 Å². The maximum Gasteiger partial charge on any atom is 0.322 e. The number of aryl methyl sites for hydroxylation is 2. The lowest BCUT2D eigenvalue weighted by Gasteiger charge is -2.24. The van der Waals surface area contributed by atoms with Crippen molar-refractivity contribution in [1.29, 1.82) is 0 Å². The van der Waals surface area contributed by atoms with Gasteiger partial charge in [0.05, 0.1) is 5.69 Å². The number of aromatic nitrogens is 2. The molecule has 2 aromatic heterocycles. The predicted molar refractivity (Wildman–Crippen MR) is 127 cm³/mol. The summed E-state index contributed by atoms with van der Waals surface area (Å²) in [7, 11) is 0.